The molecule has 0 fully saturated rings. The Labute approximate surface area is 86.3 Å². The number of H-pyrrole nitrogens is 1. The largest absolute Gasteiger partial charge is 0.377 e. The molecule has 0 radical (unpaired) electrons. The highest BCUT2D eigenvalue weighted by atomic mass is 32.1. The molecule has 0 atom stereocenters. The number of nitrogens with zero attached hydrogens (tertiary/aromatic N) is 1. The van der Waals surface area contributed by atoms with Crippen molar-refractivity contribution in [2.45, 2.75) is 19.4 Å². The van der Waals surface area contributed by atoms with E-state index in [0.717, 1.165) is 5.13 Å². The van der Waals surface area contributed by atoms with Crippen molar-refractivity contribution < 1.29 is 4.74 Å². The summed E-state index contributed by atoms with van der Waals surface area (Å²) in [7, 11) is 1.69. The monoisotopic (exact) mass is 219 g/mol. The molecule has 0 bridgehead atoms. The molecule has 0 amide bonds. The highest BCUT2D eigenvalue weighted by Gasteiger charge is 2.16. The third-order valence-corrected chi connectivity index (χ3v) is 2.70. The van der Waals surface area contributed by atoms with E-state index in [2.05, 4.69) is 15.5 Å². The number of aromatic amines is 1. The van der Waals surface area contributed by atoms with Gasteiger partial charge in [-0.25, -0.2) is 0 Å². The lowest BCUT2D eigenvalue weighted by Crippen LogP contribution is -2.31. The number of aromatic nitrogens is 2. The summed E-state index contributed by atoms with van der Waals surface area (Å²) in [4.78, 5) is 0. The van der Waals surface area contributed by atoms with Crippen molar-refractivity contribution in [3.63, 3.8) is 0 Å². The Morgan fingerprint density at radius 3 is 2.85 bits per heavy atom. The lowest BCUT2D eigenvalue weighted by atomic mass is 10.1. The van der Waals surface area contributed by atoms with Gasteiger partial charge in [-0.1, -0.05) is 11.3 Å². The molecule has 0 aromatic carbocycles. The molecule has 6 heteroatoms. The van der Waals surface area contributed by atoms with E-state index in [1.54, 1.807) is 7.11 Å². The Hall–Kier alpha value is -0.460. The van der Waals surface area contributed by atoms with Gasteiger partial charge in [-0.2, -0.15) is 0 Å². The summed E-state index contributed by atoms with van der Waals surface area (Å²) in [5.41, 5.74) is -0.187. The quantitative estimate of drug-likeness (QED) is 0.761. The molecule has 1 aromatic rings. The highest BCUT2D eigenvalue weighted by molar-refractivity contribution is 7.73. The number of methoxy groups -OCH3 is 1. The van der Waals surface area contributed by atoms with Gasteiger partial charge in [-0.05, 0) is 26.1 Å². The average molecular weight is 219 g/mol. The smallest absolute Gasteiger partial charge is 0.204 e. The normalized spacial score (nSPS) is 11.6. The van der Waals surface area contributed by atoms with Crippen LogP contribution in [0.25, 0.3) is 0 Å². The van der Waals surface area contributed by atoms with Crippen molar-refractivity contribution in [1.82, 2.24) is 10.2 Å². The van der Waals surface area contributed by atoms with Gasteiger partial charge in [-0.3, -0.25) is 5.10 Å². The van der Waals surface area contributed by atoms with Crippen molar-refractivity contribution >= 4 is 28.7 Å². The second-order valence-corrected chi connectivity index (χ2v) is 4.90. The van der Waals surface area contributed by atoms with E-state index < -0.39 is 0 Å². The van der Waals surface area contributed by atoms with Crippen LogP contribution in [0.3, 0.4) is 0 Å². The Balaban J connectivity index is 2.48. The van der Waals surface area contributed by atoms with Crippen molar-refractivity contribution in [3.8, 4) is 0 Å². The number of hydrogen-bond donors (Lipinski definition) is 2. The van der Waals surface area contributed by atoms with Crippen LogP contribution in [-0.2, 0) is 4.74 Å². The van der Waals surface area contributed by atoms with Crippen LogP contribution in [-0.4, -0.2) is 29.5 Å². The van der Waals surface area contributed by atoms with E-state index in [1.807, 2.05) is 13.8 Å². The number of anilines is 1. The summed E-state index contributed by atoms with van der Waals surface area (Å²) in [6.45, 7) is 4.72. The van der Waals surface area contributed by atoms with Gasteiger partial charge in [0.1, 0.15) is 0 Å². The Kier molecular flexibility index (Phi) is 3.40. The number of hydrogen-bond acceptors (Lipinski definition) is 5. The molecule has 4 nitrogen and oxygen atoms in total. The maximum atomic E-state index is 5.24. The number of ether oxygens (including phenoxy) is 1. The van der Waals surface area contributed by atoms with Gasteiger partial charge >= 0.3 is 0 Å². The van der Waals surface area contributed by atoms with Crippen LogP contribution in [0.2, 0.25) is 0 Å². The molecule has 0 saturated heterocycles. The topological polar surface area (TPSA) is 49.9 Å². The van der Waals surface area contributed by atoms with Gasteiger partial charge in [0.2, 0.25) is 5.13 Å². The summed E-state index contributed by atoms with van der Waals surface area (Å²) < 4.78 is 5.92. The molecule has 0 saturated carbocycles. The molecule has 1 rings (SSSR count). The molecule has 0 unspecified atom stereocenters. The first-order chi connectivity index (χ1) is 6.03. The molecule has 1 heterocycles. The third-order valence-electron chi connectivity index (χ3n) is 1.66. The van der Waals surface area contributed by atoms with Crippen molar-refractivity contribution in [2.24, 2.45) is 0 Å². The van der Waals surface area contributed by atoms with Gasteiger partial charge < -0.3 is 10.1 Å². The molecule has 74 valence electrons. The molecule has 0 aliphatic rings. The fourth-order valence-corrected chi connectivity index (χ4v) is 1.45. The summed E-state index contributed by atoms with van der Waals surface area (Å²) >= 11 is 6.32. The first-order valence-corrected chi connectivity index (χ1v) is 5.10. The summed E-state index contributed by atoms with van der Waals surface area (Å²) in [6.07, 6.45) is 0. The number of nitrogens with one attached hydrogen (secondary N) is 2. The second-order valence-electron chi connectivity index (χ2n) is 3.24. The standard InChI is InChI=1S/C7H13N3OS2/c1-7(2,11-3)4-8-5-9-10-6(12)13-5/h4H2,1-3H3,(H,8,9)(H,10,12). The zero-order chi connectivity index (χ0) is 9.90. The van der Waals surface area contributed by atoms with Crippen LogP contribution in [0.4, 0.5) is 5.13 Å². The lowest BCUT2D eigenvalue weighted by molar-refractivity contribution is 0.0343. The predicted molar refractivity (Wildman–Crippen MR) is 56.9 cm³/mol. The molecule has 0 aliphatic heterocycles. The molecule has 2 N–H and O–H groups in total. The van der Waals surface area contributed by atoms with Crippen LogP contribution in [0.5, 0.6) is 0 Å². The minimum absolute atomic E-state index is 0.187. The first-order valence-electron chi connectivity index (χ1n) is 3.88. The van der Waals surface area contributed by atoms with Crippen LogP contribution in [0.1, 0.15) is 13.8 Å². The Morgan fingerprint density at radius 1 is 1.69 bits per heavy atom. The number of rotatable bonds is 4. The summed E-state index contributed by atoms with van der Waals surface area (Å²) in [6, 6.07) is 0. The minimum Gasteiger partial charge on any atom is -0.377 e. The molecule has 0 spiro atoms. The maximum Gasteiger partial charge on any atom is 0.204 e. The third kappa shape index (κ3) is 3.41. The zero-order valence-corrected chi connectivity index (χ0v) is 9.51. The highest BCUT2D eigenvalue weighted by Crippen LogP contribution is 2.13. The van der Waals surface area contributed by atoms with Gasteiger partial charge in [0.25, 0.3) is 0 Å². The lowest BCUT2D eigenvalue weighted by Gasteiger charge is -2.22. The Bertz CT molecular complexity index is 318. The molecule has 0 aliphatic carbocycles. The maximum absolute atomic E-state index is 5.24. The fourth-order valence-electron chi connectivity index (χ4n) is 0.666. The predicted octanol–water partition coefficient (Wildman–Crippen LogP) is 2.04. The average Bonchev–Trinajstić information content (AvgIpc) is 2.48. The van der Waals surface area contributed by atoms with Crippen molar-refractivity contribution in [3.05, 3.63) is 3.95 Å². The zero-order valence-electron chi connectivity index (χ0n) is 7.88. The van der Waals surface area contributed by atoms with E-state index in [1.165, 1.54) is 11.3 Å². The van der Waals surface area contributed by atoms with E-state index >= 15 is 0 Å². The minimum atomic E-state index is -0.187. The van der Waals surface area contributed by atoms with Gasteiger partial charge in [0, 0.05) is 13.7 Å². The molecular formula is C7H13N3OS2. The van der Waals surface area contributed by atoms with Crippen LogP contribution in [0.15, 0.2) is 0 Å². The molecule has 1 aromatic heterocycles. The summed E-state index contributed by atoms with van der Waals surface area (Å²) in [5, 5.41) is 10.6. The summed E-state index contributed by atoms with van der Waals surface area (Å²) in [5.74, 6) is 0. The van der Waals surface area contributed by atoms with E-state index in [-0.39, 0.29) is 5.60 Å². The van der Waals surface area contributed by atoms with E-state index in [4.69, 9.17) is 17.0 Å². The first kappa shape index (κ1) is 10.6. The van der Waals surface area contributed by atoms with Gasteiger partial charge in [-0.15, -0.1) is 5.10 Å². The van der Waals surface area contributed by atoms with E-state index in [9.17, 15) is 0 Å². The van der Waals surface area contributed by atoms with E-state index in [0.29, 0.717) is 10.5 Å². The molecular weight excluding hydrogens is 206 g/mol. The Morgan fingerprint density at radius 2 is 2.38 bits per heavy atom. The van der Waals surface area contributed by atoms with Crippen LogP contribution < -0.4 is 5.32 Å². The molecule has 13 heavy (non-hydrogen) atoms. The van der Waals surface area contributed by atoms with Crippen molar-refractivity contribution in [2.75, 3.05) is 19.0 Å². The second kappa shape index (κ2) is 4.17. The van der Waals surface area contributed by atoms with Gasteiger partial charge in [0.15, 0.2) is 3.95 Å². The fraction of sp³-hybridized carbons (Fsp3) is 0.714. The van der Waals surface area contributed by atoms with Crippen LogP contribution >= 0.6 is 23.6 Å². The van der Waals surface area contributed by atoms with Gasteiger partial charge in [0.05, 0.1) is 5.60 Å². The van der Waals surface area contributed by atoms with Crippen LogP contribution in [0, 0.1) is 3.95 Å². The van der Waals surface area contributed by atoms with Crippen molar-refractivity contribution in [1.29, 1.82) is 0 Å². The SMILES string of the molecule is COC(C)(C)CNc1n[nH]c(=S)s1.